The van der Waals surface area contributed by atoms with Gasteiger partial charge in [0.1, 0.15) is 5.25 Å². The summed E-state index contributed by atoms with van der Waals surface area (Å²) >= 11 is 0. The van der Waals surface area contributed by atoms with Gasteiger partial charge in [-0.3, -0.25) is 0 Å². The zero-order chi connectivity index (χ0) is 10.9. The highest BCUT2D eigenvalue weighted by molar-refractivity contribution is 7.89. The zero-order valence-corrected chi connectivity index (χ0v) is 9.50. The lowest BCUT2D eigenvalue weighted by Crippen LogP contribution is -2.40. The molecule has 15 heavy (non-hydrogen) atoms. The summed E-state index contributed by atoms with van der Waals surface area (Å²) in [5.74, 6) is 0. The number of sulfonamides is 1. The van der Waals surface area contributed by atoms with Crippen molar-refractivity contribution in [2.24, 2.45) is 0 Å². The van der Waals surface area contributed by atoms with Crippen LogP contribution < -0.4 is 4.72 Å². The molecule has 1 aromatic rings. The van der Waals surface area contributed by atoms with E-state index in [1.807, 2.05) is 37.3 Å². The van der Waals surface area contributed by atoms with Gasteiger partial charge in [0, 0.05) is 6.04 Å². The molecule has 2 rings (SSSR count). The lowest BCUT2D eigenvalue weighted by atomic mass is 10.1. The van der Waals surface area contributed by atoms with E-state index in [1.54, 1.807) is 0 Å². The largest absolute Gasteiger partial charge is 0.218 e. The van der Waals surface area contributed by atoms with Crippen LogP contribution in [-0.2, 0) is 10.0 Å². The molecular weight excluding hydrogens is 210 g/mol. The van der Waals surface area contributed by atoms with Gasteiger partial charge in [-0.1, -0.05) is 30.3 Å². The first kappa shape index (κ1) is 10.6. The van der Waals surface area contributed by atoms with Gasteiger partial charge in [0.15, 0.2) is 0 Å². The Morgan fingerprint density at radius 3 is 2.47 bits per heavy atom. The van der Waals surface area contributed by atoms with Gasteiger partial charge in [-0.15, -0.1) is 0 Å². The summed E-state index contributed by atoms with van der Waals surface area (Å²) in [4.78, 5) is 0. The van der Waals surface area contributed by atoms with Crippen LogP contribution in [0.2, 0.25) is 0 Å². The molecule has 0 radical (unpaired) electrons. The minimum Gasteiger partial charge on any atom is -0.212 e. The molecular formula is C11H15NO2S. The van der Waals surface area contributed by atoms with Gasteiger partial charge < -0.3 is 0 Å². The normalized spacial score (nSPS) is 29.9. The zero-order valence-electron chi connectivity index (χ0n) is 8.68. The predicted molar refractivity (Wildman–Crippen MR) is 59.9 cm³/mol. The number of hydrogen-bond donors (Lipinski definition) is 1. The fourth-order valence-corrected chi connectivity index (χ4v) is 3.80. The van der Waals surface area contributed by atoms with E-state index in [1.165, 1.54) is 0 Å². The Morgan fingerprint density at radius 1 is 1.20 bits per heavy atom. The Morgan fingerprint density at radius 2 is 1.87 bits per heavy atom. The number of benzene rings is 1. The second kappa shape index (κ2) is 3.94. The van der Waals surface area contributed by atoms with Crippen LogP contribution in [0.4, 0.5) is 0 Å². The Labute approximate surface area is 90.6 Å². The van der Waals surface area contributed by atoms with Crippen molar-refractivity contribution in [1.82, 2.24) is 4.72 Å². The summed E-state index contributed by atoms with van der Waals surface area (Å²) in [7, 11) is -3.18. The lowest BCUT2D eigenvalue weighted by Gasteiger charge is -2.27. The summed E-state index contributed by atoms with van der Waals surface area (Å²) in [6.45, 7) is 1.90. The Hall–Kier alpha value is -0.870. The highest BCUT2D eigenvalue weighted by Crippen LogP contribution is 2.30. The molecule has 1 aliphatic heterocycles. The molecule has 82 valence electrons. The van der Waals surface area contributed by atoms with E-state index >= 15 is 0 Å². The third-order valence-electron chi connectivity index (χ3n) is 2.77. The Bertz CT molecular complexity index is 427. The van der Waals surface area contributed by atoms with E-state index in [9.17, 15) is 8.42 Å². The van der Waals surface area contributed by atoms with Crippen LogP contribution in [0.1, 0.15) is 30.6 Å². The smallest absolute Gasteiger partial charge is 0.212 e. The van der Waals surface area contributed by atoms with Crippen molar-refractivity contribution in [2.75, 3.05) is 0 Å². The first-order valence-electron chi connectivity index (χ1n) is 5.16. The molecule has 1 aromatic carbocycles. The summed E-state index contributed by atoms with van der Waals surface area (Å²) in [6, 6.07) is 9.47. The summed E-state index contributed by atoms with van der Waals surface area (Å²) in [5.41, 5.74) is 0.886. The Balaban J connectivity index is 2.31. The molecule has 0 unspecified atom stereocenters. The minimum absolute atomic E-state index is 0.0648. The molecule has 1 heterocycles. The van der Waals surface area contributed by atoms with Crippen molar-refractivity contribution >= 4 is 10.0 Å². The van der Waals surface area contributed by atoms with Crippen molar-refractivity contribution in [2.45, 2.75) is 31.1 Å². The fourth-order valence-electron chi connectivity index (χ4n) is 1.99. The standard InChI is InChI=1S/C11H15NO2S/c1-9-7-8-11(15(13,14)12-9)10-5-3-2-4-6-10/h2-6,9,11-12H,7-8H2,1H3/t9-,11-/m0/s1. The summed E-state index contributed by atoms with van der Waals surface area (Å²) in [5, 5.41) is -0.380. The van der Waals surface area contributed by atoms with Crippen molar-refractivity contribution in [3.05, 3.63) is 35.9 Å². The highest BCUT2D eigenvalue weighted by atomic mass is 32.2. The average Bonchev–Trinajstić information content (AvgIpc) is 2.17. The van der Waals surface area contributed by atoms with Crippen LogP contribution in [0, 0.1) is 0 Å². The summed E-state index contributed by atoms with van der Waals surface area (Å²) in [6.07, 6.45) is 1.61. The molecule has 0 bridgehead atoms. The van der Waals surface area contributed by atoms with E-state index in [4.69, 9.17) is 0 Å². The number of rotatable bonds is 1. The molecule has 1 saturated heterocycles. The van der Waals surface area contributed by atoms with E-state index in [-0.39, 0.29) is 11.3 Å². The van der Waals surface area contributed by atoms with Gasteiger partial charge in [-0.05, 0) is 25.3 Å². The Kier molecular flexibility index (Phi) is 2.80. The second-order valence-electron chi connectivity index (χ2n) is 4.04. The molecule has 0 saturated carbocycles. The van der Waals surface area contributed by atoms with E-state index in [0.29, 0.717) is 6.42 Å². The van der Waals surface area contributed by atoms with Gasteiger partial charge in [0.2, 0.25) is 10.0 Å². The molecule has 2 atom stereocenters. The molecule has 1 fully saturated rings. The maximum Gasteiger partial charge on any atom is 0.218 e. The van der Waals surface area contributed by atoms with Crippen LogP contribution in [-0.4, -0.2) is 14.5 Å². The van der Waals surface area contributed by atoms with Gasteiger partial charge in [0.05, 0.1) is 0 Å². The van der Waals surface area contributed by atoms with Crippen LogP contribution in [0.5, 0.6) is 0 Å². The van der Waals surface area contributed by atoms with E-state index in [2.05, 4.69) is 4.72 Å². The van der Waals surface area contributed by atoms with E-state index in [0.717, 1.165) is 12.0 Å². The molecule has 1 aliphatic rings. The molecule has 0 aromatic heterocycles. The van der Waals surface area contributed by atoms with Gasteiger partial charge in [0.25, 0.3) is 0 Å². The van der Waals surface area contributed by atoms with Crippen LogP contribution in [0.15, 0.2) is 30.3 Å². The van der Waals surface area contributed by atoms with Crippen molar-refractivity contribution < 1.29 is 8.42 Å². The number of hydrogen-bond acceptors (Lipinski definition) is 2. The SMILES string of the molecule is C[C@H]1CC[C@@H](c2ccccc2)S(=O)(=O)N1. The third-order valence-corrected chi connectivity index (χ3v) is 4.76. The number of nitrogens with one attached hydrogen (secondary N) is 1. The first-order valence-corrected chi connectivity index (χ1v) is 6.70. The maximum atomic E-state index is 11.9. The highest BCUT2D eigenvalue weighted by Gasteiger charge is 2.32. The summed E-state index contributed by atoms with van der Waals surface area (Å²) < 4.78 is 26.4. The lowest BCUT2D eigenvalue weighted by molar-refractivity contribution is 0.482. The first-order chi connectivity index (χ1) is 7.09. The van der Waals surface area contributed by atoms with E-state index < -0.39 is 10.0 Å². The van der Waals surface area contributed by atoms with Crippen LogP contribution in [0.3, 0.4) is 0 Å². The minimum atomic E-state index is -3.18. The van der Waals surface area contributed by atoms with Crippen LogP contribution >= 0.6 is 0 Å². The van der Waals surface area contributed by atoms with Crippen molar-refractivity contribution in [3.8, 4) is 0 Å². The quantitative estimate of drug-likeness (QED) is 0.792. The molecule has 0 aliphatic carbocycles. The molecule has 1 N–H and O–H groups in total. The third kappa shape index (κ3) is 2.21. The molecule has 3 nitrogen and oxygen atoms in total. The molecule has 0 spiro atoms. The average molecular weight is 225 g/mol. The molecule has 0 amide bonds. The van der Waals surface area contributed by atoms with Crippen molar-refractivity contribution in [3.63, 3.8) is 0 Å². The monoisotopic (exact) mass is 225 g/mol. The van der Waals surface area contributed by atoms with Gasteiger partial charge in [-0.25, -0.2) is 13.1 Å². The van der Waals surface area contributed by atoms with Crippen LogP contribution in [0.25, 0.3) is 0 Å². The molecule has 4 heteroatoms. The predicted octanol–water partition coefficient (Wildman–Crippen LogP) is 1.83. The fraction of sp³-hybridized carbons (Fsp3) is 0.455. The van der Waals surface area contributed by atoms with Gasteiger partial charge in [-0.2, -0.15) is 0 Å². The maximum absolute atomic E-state index is 11.9. The van der Waals surface area contributed by atoms with Crippen molar-refractivity contribution in [1.29, 1.82) is 0 Å². The topological polar surface area (TPSA) is 46.2 Å². The second-order valence-corrected chi connectivity index (χ2v) is 5.94. The van der Waals surface area contributed by atoms with Gasteiger partial charge >= 0.3 is 0 Å².